The van der Waals surface area contributed by atoms with E-state index in [9.17, 15) is 0 Å². The van der Waals surface area contributed by atoms with Gasteiger partial charge in [0.15, 0.2) is 10.5 Å². The number of hydrogen-bond acceptors (Lipinski definition) is 4. The molecule has 0 saturated heterocycles. The summed E-state index contributed by atoms with van der Waals surface area (Å²) in [5.41, 5.74) is 1.75. The van der Waals surface area contributed by atoms with Crippen LogP contribution in [0.2, 0.25) is 0 Å². The van der Waals surface area contributed by atoms with Gasteiger partial charge in [0, 0.05) is 5.92 Å². The maximum Gasteiger partial charge on any atom is 0.189 e. The lowest BCUT2D eigenvalue weighted by molar-refractivity contribution is 0.661. The Hall–Kier alpha value is -1.03. The summed E-state index contributed by atoms with van der Waals surface area (Å²) in [5, 5.41) is 1.16. The van der Waals surface area contributed by atoms with Gasteiger partial charge in [0.1, 0.15) is 5.01 Å². The Morgan fingerprint density at radius 1 is 1.40 bits per heavy atom. The zero-order chi connectivity index (χ0) is 10.8. The van der Waals surface area contributed by atoms with Crippen molar-refractivity contribution in [2.75, 3.05) is 0 Å². The quantitative estimate of drug-likeness (QED) is 0.798. The number of nitrogens with zero attached hydrogens (tertiary/aromatic N) is 3. The molecule has 0 aliphatic carbocycles. The Balaban J connectivity index is 2.38. The van der Waals surface area contributed by atoms with Crippen LogP contribution in [0, 0.1) is 6.92 Å². The number of aryl methyl sites for hydroxylation is 1. The first-order valence-electron chi connectivity index (χ1n) is 5.30. The van der Waals surface area contributed by atoms with Crippen LogP contribution in [0.4, 0.5) is 0 Å². The fourth-order valence-corrected chi connectivity index (χ4v) is 2.62. The zero-order valence-electron chi connectivity index (χ0n) is 9.32. The van der Waals surface area contributed by atoms with Crippen LogP contribution < -0.4 is 0 Å². The van der Waals surface area contributed by atoms with E-state index < -0.39 is 0 Å². The van der Waals surface area contributed by atoms with Crippen molar-refractivity contribution in [2.24, 2.45) is 0 Å². The maximum atomic E-state index is 4.52. The highest BCUT2D eigenvalue weighted by molar-refractivity contribution is 7.18. The molecule has 0 bridgehead atoms. The Morgan fingerprint density at radius 3 is 2.93 bits per heavy atom. The fraction of sp³-hybridized carbons (Fsp3) is 0.545. The molecule has 3 nitrogen and oxygen atoms in total. The largest absolute Gasteiger partial charge is 0.237 e. The van der Waals surface area contributed by atoms with E-state index >= 15 is 0 Å². The second-order valence-electron chi connectivity index (χ2n) is 3.88. The second-order valence-corrected chi connectivity index (χ2v) is 4.89. The molecule has 0 aliphatic rings. The lowest BCUT2D eigenvalue weighted by Gasteiger charge is -2.03. The fourth-order valence-electron chi connectivity index (χ4n) is 1.59. The van der Waals surface area contributed by atoms with Crippen molar-refractivity contribution in [2.45, 2.75) is 39.5 Å². The van der Waals surface area contributed by atoms with Gasteiger partial charge in [-0.05, 0) is 13.3 Å². The van der Waals surface area contributed by atoms with Gasteiger partial charge in [-0.25, -0.2) is 15.0 Å². The first-order valence-corrected chi connectivity index (χ1v) is 6.12. The SMILES string of the molecule is CCCC(C)c1nc2ncc(C)nc2s1. The van der Waals surface area contributed by atoms with Crippen molar-refractivity contribution in [3.8, 4) is 0 Å². The molecule has 0 spiro atoms. The average molecular weight is 221 g/mol. The van der Waals surface area contributed by atoms with Crippen LogP contribution in [0.1, 0.15) is 43.3 Å². The van der Waals surface area contributed by atoms with E-state index in [-0.39, 0.29) is 0 Å². The minimum absolute atomic E-state index is 0.524. The van der Waals surface area contributed by atoms with Gasteiger partial charge < -0.3 is 0 Å². The van der Waals surface area contributed by atoms with E-state index in [2.05, 4.69) is 28.8 Å². The van der Waals surface area contributed by atoms with Crippen molar-refractivity contribution in [3.63, 3.8) is 0 Å². The monoisotopic (exact) mass is 221 g/mol. The number of rotatable bonds is 3. The van der Waals surface area contributed by atoms with Gasteiger partial charge in [-0.3, -0.25) is 0 Å². The molecule has 1 atom stereocenters. The molecular formula is C11H15N3S. The third kappa shape index (κ3) is 2.15. The Morgan fingerprint density at radius 2 is 2.20 bits per heavy atom. The molecule has 0 aromatic carbocycles. The molecule has 2 rings (SSSR count). The van der Waals surface area contributed by atoms with Crippen LogP contribution in [-0.4, -0.2) is 15.0 Å². The van der Waals surface area contributed by atoms with E-state index in [1.54, 1.807) is 17.5 Å². The Labute approximate surface area is 93.6 Å². The number of fused-ring (bicyclic) bond motifs is 1. The summed E-state index contributed by atoms with van der Waals surface area (Å²) in [6, 6.07) is 0. The minimum Gasteiger partial charge on any atom is -0.237 e. The van der Waals surface area contributed by atoms with E-state index in [1.165, 1.54) is 12.8 Å². The van der Waals surface area contributed by atoms with Crippen molar-refractivity contribution in [3.05, 3.63) is 16.9 Å². The number of hydrogen-bond donors (Lipinski definition) is 0. The summed E-state index contributed by atoms with van der Waals surface area (Å²) >= 11 is 1.67. The summed E-state index contributed by atoms with van der Waals surface area (Å²) in [6.45, 7) is 6.37. The first-order chi connectivity index (χ1) is 7.20. The van der Waals surface area contributed by atoms with Crippen LogP contribution in [0.25, 0.3) is 10.5 Å². The predicted octanol–water partition coefficient (Wildman–Crippen LogP) is 3.30. The van der Waals surface area contributed by atoms with Crippen molar-refractivity contribution in [1.29, 1.82) is 0 Å². The van der Waals surface area contributed by atoms with Crippen molar-refractivity contribution < 1.29 is 0 Å². The van der Waals surface area contributed by atoms with Gasteiger partial charge in [-0.2, -0.15) is 0 Å². The lowest BCUT2D eigenvalue weighted by atomic mass is 10.1. The highest BCUT2D eigenvalue weighted by Crippen LogP contribution is 2.27. The highest BCUT2D eigenvalue weighted by atomic mass is 32.1. The standard InChI is InChI=1S/C11H15N3S/c1-4-5-7(2)10-14-9-11(15-10)13-8(3)6-12-9/h6-7H,4-5H2,1-3H3. The molecule has 15 heavy (non-hydrogen) atoms. The van der Waals surface area contributed by atoms with Gasteiger partial charge in [0.2, 0.25) is 0 Å². The van der Waals surface area contributed by atoms with E-state index in [0.717, 1.165) is 21.2 Å². The summed E-state index contributed by atoms with van der Waals surface area (Å²) in [7, 11) is 0. The first kappa shape index (κ1) is 10.5. The van der Waals surface area contributed by atoms with Gasteiger partial charge in [-0.15, -0.1) is 0 Å². The normalized spacial score (nSPS) is 13.3. The molecule has 4 heteroatoms. The maximum absolute atomic E-state index is 4.52. The molecule has 2 aromatic heterocycles. The second kappa shape index (κ2) is 4.23. The van der Waals surface area contributed by atoms with Gasteiger partial charge in [-0.1, -0.05) is 31.6 Å². The molecule has 0 radical (unpaired) electrons. The average Bonchev–Trinajstić information content (AvgIpc) is 2.60. The third-order valence-electron chi connectivity index (χ3n) is 2.40. The van der Waals surface area contributed by atoms with E-state index in [1.807, 2.05) is 6.92 Å². The molecule has 0 N–H and O–H groups in total. The smallest absolute Gasteiger partial charge is 0.189 e. The van der Waals surface area contributed by atoms with Gasteiger partial charge >= 0.3 is 0 Å². The number of thiazole rings is 1. The Bertz CT molecular complexity index is 464. The zero-order valence-corrected chi connectivity index (χ0v) is 10.1. The van der Waals surface area contributed by atoms with Crippen LogP contribution in [-0.2, 0) is 0 Å². The summed E-state index contributed by atoms with van der Waals surface area (Å²) < 4.78 is 0. The Kier molecular flexibility index (Phi) is 2.95. The van der Waals surface area contributed by atoms with Gasteiger partial charge in [0.05, 0.1) is 11.9 Å². The molecule has 0 saturated carbocycles. The van der Waals surface area contributed by atoms with Crippen LogP contribution in [0.3, 0.4) is 0 Å². The summed E-state index contributed by atoms with van der Waals surface area (Å²) in [4.78, 5) is 14.2. The topological polar surface area (TPSA) is 38.7 Å². The molecule has 0 amide bonds. The molecule has 0 fully saturated rings. The van der Waals surface area contributed by atoms with Crippen LogP contribution in [0.15, 0.2) is 6.20 Å². The molecule has 80 valence electrons. The van der Waals surface area contributed by atoms with E-state index in [4.69, 9.17) is 0 Å². The van der Waals surface area contributed by atoms with Crippen LogP contribution >= 0.6 is 11.3 Å². The molecule has 1 unspecified atom stereocenters. The van der Waals surface area contributed by atoms with E-state index in [0.29, 0.717) is 5.92 Å². The molecule has 2 aromatic rings. The highest BCUT2D eigenvalue weighted by Gasteiger charge is 2.12. The van der Waals surface area contributed by atoms with Crippen molar-refractivity contribution in [1.82, 2.24) is 15.0 Å². The molecule has 0 aliphatic heterocycles. The number of aromatic nitrogens is 3. The predicted molar refractivity (Wildman–Crippen MR) is 63.3 cm³/mol. The van der Waals surface area contributed by atoms with Crippen molar-refractivity contribution >= 4 is 21.8 Å². The molecule has 2 heterocycles. The van der Waals surface area contributed by atoms with Gasteiger partial charge in [0.25, 0.3) is 0 Å². The van der Waals surface area contributed by atoms with Crippen LogP contribution in [0.5, 0.6) is 0 Å². The minimum atomic E-state index is 0.524. The third-order valence-corrected chi connectivity index (χ3v) is 3.57. The summed E-state index contributed by atoms with van der Waals surface area (Å²) in [5.74, 6) is 0.524. The molecular weight excluding hydrogens is 206 g/mol. The summed E-state index contributed by atoms with van der Waals surface area (Å²) in [6.07, 6.45) is 4.14. The lowest BCUT2D eigenvalue weighted by Crippen LogP contribution is -1.91.